The number of hydrogen-bond acceptors (Lipinski definition) is 8. The third-order valence-corrected chi connectivity index (χ3v) is 7.03. The van der Waals surface area contributed by atoms with Crippen molar-refractivity contribution >= 4 is 15.7 Å². The molecule has 2 aromatic carbocycles. The Morgan fingerprint density at radius 2 is 2.03 bits per heavy atom. The number of non-ortho nitro benzene ring substituents is 1. The van der Waals surface area contributed by atoms with E-state index in [4.69, 9.17) is 9.26 Å². The topological polar surface area (TPSA) is 129 Å². The third-order valence-electron chi connectivity index (χ3n) is 5.17. The van der Waals surface area contributed by atoms with E-state index in [9.17, 15) is 18.5 Å². The van der Waals surface area contributed by atoms with Crippen molar-refractivity contribution in [1.29, 1.82) is 0 Å². The van der Waals surface area contributed by atoms with Crippen LogP contribution in [0.5, 0.6) is 5.75 Å². The van der Waals surface area contributed by atoms with E-state index in [2.05, 4.69) is 10.1 Å². The molecule has 0 unspecified atom stereocenters. The standard InChI is InChI=1S/C20H20N4O6S/c1-29-17-8-2-5-14(11-17)19-21-20(30-22-19)15-6-4-10-23(13-15)31(27,28)18-9-3-7-16(12-18)24(25)26/h2-3,5,7-9,11-12,15H,4,6,10,13H2,1H3/t15-/m0/s1. The highest BCUT2D eigenvalue weighted by atomic mass is 32.2. The number of ether oxygens (including phenoxy) is 1. The average molecular weight is 444 g/mol. The van der Waals surface area contributed by atoms with Gasteiger partial charge in [0.05, 0.1) is 22.8 Å². The molecule has 4 rings (SSSR count). The second kappa shape index (κ2) is 8.44. The van der Waals surface area contributed by atoms with Gasteiger partial charge in [0.1, 0.15) is 5.75 Å². The predicted molar refractivity (Wildman–Crippen MR) is 110 cm³/mol. The van der Waals surface area contributed by atoms with E-state index in [1.807, 2.05) is 18.2 Å². The molecule has 0 amide bonds. The van der Waals surface area contributed by atoms with Crippen molar-refractivity contribution in [1.82, 2.24) is 14.4 Å². The largest absolute Gasteiger partial charge is 0.497 e. The zero-order chi connectivity index (χ0) is 22.0. The maximum absolute atomic E-state index is 13.1. The molecule has 1 aliphatic heterocycles. The molecule has 162 valence electrons. The molecule has 0 spiro atoms. The van der Waals surface area contributed by atoms with Crippen LogP contribution in [0.4, 0.5) is 5.69 Å². The van der Waals surface area contributed by atoms with E-state index in [1.54, 1.807) is 13.2 Å². The van der Waals surface area contributed by atoms with Crippen LogP contribution in [-0.2, 0) is 10.0 Å². The summed E-state index contributed by atoms with van der Waals surface area (Å²) in [6.07, 6.45) is 1.30. The molecular weight excluding hydrogens is 424 g/mol. The second-order valence-corrected chi connectivity index (χ2v) is 9.08. The normalized spacial score (nSPS) is 17.4. The highest BCUT2D eigenvalue weighted by molar-refractivity contribution is 7.89. The Bertz CT molecular complexity index is 1210. The Kier molecular flexibility index (Phi) is 5.70. The van der Waals surface area contributed by atoms with E-state index in [-0.39, 0.29) is 23.0 Å². The molecule has 0 saturated carbocycles. The lowest BCUT2D eigenvalue weighted by Crippen LogP contribution is -2.39. The Hall–Kier alpha value is -3.31. The highest BCUT2D eigenvalue weighted by Crippen LogP contribution is 2.31. The summed E-state index contributed by atoms with van der Waals surface area (Å²) in [5, 5.41) is 15.0. The first kappa shape index (κ1) is 20.9. The molecule has 1 saturated heterocycles. The molecule has 1 fully saturated rings. The minimum absolute atomic E-state index is 0.107. The maximum atomic E-state index is 13.1. The number of benzene rings is 2. The Morgan fingerprint density at radius 1 is 1.23 bits per heavy atom. The van der Waals surface area contributed by atoms with Gasteiger partial charge in [-0.25, -0.2) is 8.42 Å². The number of rotatable bonds is 6. The van der Waals surface area contributed by atoms with E-state index >= 15 is 0 Å². The monoisotopic (exact) mass is 444 g/mol. The molecule has 2 heterocycles. The van der Waals surface area contributed by atoms with Crippen LogP contribution >= 0.6 is 0 Å². The fourth-order valence-corrected chi connectivity index (χ4v) is 5.11. The fourth-order valence-electron chi connectivity index (χ4n) is 3.55. The first-order chi connectivity index (χ1) is 14.9. The van der Waals surface area contributed by atoms with Gasteiger partial charge < -0.3 is 9.26 Å². The van der Waals surface area contributed by atoms with Crippen molar-refractivity contribution in [2.45, 2.75) is 23.7 Å². The van der Waals surface area contributed by atoms with Gasteiger partial charge in [-0.15, -0.1) is 0 Å². The molecule has 1 atom stereocenters. The SMILES string of the molecule is COc1cccc(-c2noc([C@H]3CCCN(S(=O)(=O)c4cccc([N+](=O)[O-])c4)C3)n2)c1. The summed E-state index contributed by atoms with van der Waals surface area (Å²) in [5.41, 5.74) is 0.459. The summed E-state index contributed by atoms with van der Waals surface area (Å²) in [5.74, 6) is 1.15. The molecule has 11 heteroatoms. The number of nitro benzene ring substituents is 1. The van der Waals surface area contributed by atoms with Gasteiger partial charge in [0.15, 0.2) is 0 Å². The van der Waals surface area contributed by atoms with E-state index in [0.29, 0.717) is 36.9 Å². The van der Waals surface area contributed by atoms with Crippen molar-refractivity contribution in [3.05, 3.63) is 64.5 Å². The van der Waals surface area contributed by atoms with Crippen LogP contribution in [0.1, 0.15) is 24.7 Å². The minimum Gasteiger partial charge on any atom is -0.497 e. The summed E-state index contributed by atoms with van der Waals surface area (Å²) >= 11 is 0. The van der Waals surface area contributed by atoms with Gasteiger partial charge in [-0.2, -0.15) is 9.29 Å². The highest BCUT2D eigenvalue weighted by Gasteiger charge is 2.34. The summed E-state index contributed by atoms with van der Waals surface area (Å²) in [4.78, 5) is 14.8. The lowest BCUT2D eigenvalue weighted by atomic mass is 10.00. The van der Waals surface area contributed by atoms with Gasteiger partial charge in [-0.1, -0.05) is 23.4 Å². The van der Waals surface area contributed by atoms with Gasteiger partial charge in [-0.05, 0) is 31.0 Å². The molecule has 0 radical (unpaired) electrons. The van der Waals surface area contributed by atoms with Crippen molar-refractivity contribution in [2.24, 2.45) is 0 Å². The number of nitro groups is 1. The molecule has 31 heavy (non-hydrogen) atoms. The Balaban J connectivity index is 1.56. The summed E-state index contributed by atoms with van der Waals surface area (Å²) < 4.78 is 38.1. The fraction of sp³-hybridized carbons (Fsp3) is 0.300. The van der Waals surface area contributed by atoms with Crippen LogP contribution in [0.3, 0.4) is 0 Å². The molecule has 0 N–H and O–H groups in total. The lowest BCUT2D eigenvalue weighted by molar-refractivity contribution is -0.385. The zero-order valence-corrected chi connectivity index (χ0v) is 17.5. The maximum Gasteiger partial charge on any atom is 0.270 e. The number of methoxy groups -OCH3 is 1. The van der Waals surface area contributed by atoms with Crippen molar-refractivity contribution in [3.63, 3.8) is 0 Å². The molecule has 1 aromatic heterocycles. The van der Waals surface area contributed by atoms with Crippen LogP contribution in [0.25, 0.3) is 11.4 Å². The first-order valence-electron chi connectivity index (χ1n) is 9.61. The number of aromatic nitrogens is 2. The smallest absolute Gasteiger partial charge is 0.270 e. The molecule has 10 nitrogen and oxygen atoms in total. The summed E-state index contributed by atoms with van der Waals surface area (Å²) in [6, 6.07) is 12.3. The molecular formula is C20H20N4O6S. The Morgan fingerprint density at radius 3 is 2.81 bits per heavy atom. The van der Waals surface area contributed by atoms with E-state index in [1.165, 1.54) is 22.5 Å². The number of piperidine rings is 1. The van der Waals surface area contributed by atoms with Gasteiger partial charge in [0, 0.05) is 30.8 Å². The molecule has 0 aliphatic carbocycles. The minimum atomic E-state index is -3.89. The molecule has 0 bridgehead atoms. The van der Waals surface area contributed by atoms with Crippen LogP contribution in [0, 0.1) is 10.1 Å². The van der Waals surface area contributed by atoms with E-state index in [0.717, 1.165) is 11.6 Å². The second-order valence-electron chi connectivity index (χ2n) is 7.14. The van der Waals surface area contributed by atoms with Crippen molar-refractivity contribution in [3.8, 4) is 17.1 Å². The van der Waals surface area contributed by atoms with Crippen LogP contribution in [0.15, 0.2) is 57.9 Å². The van der Waals surface area contributed by atoms with Gasteiger partial charge in [0.2, 0.25) is 21.7 Å². The summed E-state index contributed by atoms with van der Waals surface area (Å²) in [6.45, 7) is 0.475. The van der Waals surface area contributed by atoms with Crippen molar-refractivity contribution < 1.29 is 22.6 Å². The van der Waals surface area contributed by atoms with Gasteiger partial charge in [0.25, 0.3) is 5.69 Å². The average Bonchev–Trinajstić information content (AvgIpc) is 3.30. The zero-order valence-electron chi connectivity index (χ0n) is 16.7. The van der Waals surface area contributed by atoms with Crippen molar-refractivity contribution in [2.75, 3.05) is 20.2 Å². The summed E-state index contributed by atoms with van der Waals surface area (Å²) in [7, 11) is -2.32. The molecule has 1 aliphatic rings. The van der Waals surface area contributed by atoms with E-state index < -0.39 is 14.9 Å². The Labute approximate surface area is 178 Å². The number of sulfonamides is 1. The number of hydrogen-bond donors (Lipinski definition) is 0. The molecule has 3 aromatic rings. The van der Waals surface area contributed by atoms with Crippen LogP contribution in [0.2, 0.25) is 0 Å². The quantitative estimate of drug-likeness (QED) is 0.419. The van der Waals surface area contributed by atoms with Crippen LogP contribution < -0.4 is 4.74 Å². The predicted octanol–water partition coefficient (Wildman–Crippen LogP) is 3.22. The lowest BCUT2D eigenvalue weighted by Gasteiger charge is -2.30. The third kappa shape index (κ3) is 4.28. The van der Waals surface area contributed by atoms with Crippen LogP contribution in [-0.4, -0.2) is 48.0 Å². The van der Waals surface area contributed by atoms with Gasteiger partial charge >= 0.3 is 0 Å². The first-order valence-corrected chi connectivity index (χ1v) is 11.0. The number of nitrogens with zero attached hydrogens (tertiary/aromatic N) is 4. The van der Waals surface area contributed by atoms with Gasteiger partial charge in [-0.3, -0.25) is 10.1 Å².